The Labute approximate surface area is 228 Å². The van der Waals surface area contributed by atoms with Crippen molar-refractivity contribution in [2.45, 2.75) is 64.6 Å². The Kier molecular flexibility index (Phi) is 9.56. The first-order valence-electron chi connectivity index (χ1n) is 13.0. The lowest BCUT2D eigenvalue weighted by Crippen LogP contribution is -2.53. The van der Waals surface area contributed by atoms with Crippen LogP contribution in [0.15, 0.2) is 48.5 Å². The smallest absolute Gasteiger partial charge is 0.408 e. The highest BCUT2D eigenvalue weighted by atomic mass is 16.6. The van der Waals surface area contributed by atoms with Gasteiger partial charge in [-0.2, -0.15) is 0 Å². The second-order valence-electron chi connectivity index (χ2n) is 10.9. The summed E-state index contributed by atoms with van der Waals surface area (Å²) in [6.45, 7) is 8.86. The standard InChI is InChI=1S/C29H37N3O7/c1-17(2)24(15-30-26(35)23(14-25(33)34)31-28(37)39-29(3,4)5)32-27(36)38-16-22-20-12-8-6-10-18(20)19-11-7-9-13-21(19)22/h6-13,17,22-24H,14-16H2,1-5H3,(H,30,35)(H,31,37)(H,32,36)(H,33,34)/t23-,24-/m1/s1. The molecule has 0 unspecified atom stereocenters. The number of carboxylic acid groups (broad SMARTS) is 1. The molecule has 2 atom stereocenters. The molecule has 4 N–H and O–H groups in total. The molecule has 0 spiro atoms. The molecule has 1 aliphatic rings. The van der Waals surface area contributed by atoms with Crippen molar-refractivity contribution in [2.24, 2.45) is 5.92 Å². The van der Waals surface area contributed by atoms with Crippen molar-refractivity contribution >= 4 is 24.1 Å². The average molecular weight is 540 g/mol. The van der Waals surface area contributed by atoms with Gasteiger partial charge in [0.1, 0.15) is 18.2 Å². The van der Waals surface area contributed by atoms with E-state index in [9.17, 15) is 24.3 Å². The van der Waals surface area contributed by atoms with E-state index in [-0.39, 0.29) is 25.0 Å². The molecule has 3 amide bonds. The molecule has 10 heteroatoms. The van der Waals surface area contributed by atoms with E-state index in [0.29, 0.717) is 0 Å². The molecule has 0 bridgehead atoms. The number of rotatable bonds is 10. The highest BCUT2D eigenvalue weighted by Gasteiger charge is 2.30. The van der Waals surface area contributed by atoms with Gasteiger partial charge in [-0.15, -0.1) is 0 Å². The lowest BCUT2D eigenvalue weighted by atomic mass is 9.98. The summed E-state index contributed by atoms with van der Waals surface area (Å²) >= 11 is 0. The summed E-state index contributed by atoms with van der Waals surface area (Å²) in [7, 11) is 0. The third kappa shape index (κ3) is 8.20. The number of hydrogen-bond donors (Lipinski definition) is 4. The van der Waals surface area contributed by atoms with E-state index in [1.54, 1.807) is 20.8 Å². The Morgan fingerprint density at radius 2 is 1.46 bits per heavy atom. The SMILES string of the molecule is CC(C)[C@@H](CNC(=O)[C@@H](CC(=O)O)NC(=O)OC(C)(C)C)NC(=O)OCC1c2ccccc2-c2ccccc21. The number of hydrogen-bond acceptors (Lipinski definition) is 6. The highest BCUT2D eigenvalue weighted by Crippen LogP contribution is 2.44. The number of carbonyl (C=O) groups excluding carboxylic acids is 3. The fourth-order valence-corrected chi connectivity index (χ4v) is 4.41. The van der Waals surface area contributed by atoms with Gasteiger partial charge < -0.3 is 30.5 Å². The number of carbonyl (C=O) groups is 4. The van der Waals surface area contributed by atoms with Crippen LogP contribution < -0.4 is 16.0 Å². The first-order valence-corrected chi connectivity index (χ1v) is 13.0. The van der Waals surface area contributed by atoms with Gasteiger partial charge in [0.05, 0.1) is 12.5 Å². The van der Waals surface area contributed by atoms with E-state index < -0.39 is 48.2 Å². The molecule has 0 radical (unpaired) electrons. The largest absolute Gasteiger partial charge is 0.481 e. The quantitative estimate of drug-likeness (QED) is 0.357. The number of benzene rings is 2. The molecule has 210 valence electrons. The van der Waals surface area contributed by atoms with E-state index in [2.05, 4.69) is 28.1 Å². The van der Waals surface area contributed by atoms with Gasteiger partial charge in [-0.1, -0.05) is 62.4 Å². The Morgan fingerprint density at radius 3 is 1.97 bits per heavy atom. The Balaban J connectivity index is 1.57. The number of aliphatic carboxylic acids is 1. The molecular weight excluding hydrogens is 502 g/mol. The van der Waals surface area contributed by atoms with E-state index >= 15 is 0 Å². The van der Waals surface area contributed by atoms with Crippen LogP contribution in [0, 0.1) is 5.92 Å². The third-order valence-corrected chi connectivity index (χ3v) is 6.33. The minimum atomic E-state index is -1.35. The molecule has 0 saturated carbocycles. The second kappa shape index (κ2) is 12.6. The first kappa shape index (κ1) is 29.5. The van der Waals surface area contributed by atoms with Crippen LogP contribution in [0.1, 0.15) is 58.1 Å². The van der Waals surface area contributed by atoms with Gasteiger partial charge in [-0.05, 0) is 48.9 Å². The van der Waals surface area contributed by atoms with Gasteiger partial charge in [0, 0.05) is 12.5 Å². The predicted molar refractivity (Wildman–Crippen MR) is 145 cm³/mol. The number of alkyl carbamates (subject to hydrolysis) is 2. The molecule has 3 rings (SSSR count). The molecule has 0 fully saturated rings. The number of amides is 3. The van der Waals surface area contributed by atoms with E-state index in [1.807, 2.05) is 50.2 Å². The van der Waals surface area contributed by atoms with Crippen molar-refractivity contribution in [1.29, 1.82) is 0 Å². The number of fused-ring (bicyclic) bond motifs is 3. The van der Waals surface area contributed by atoms with Gasteiger partial charge >= 0.3 is 18.2 Å². The van der Waals surface area contributed by atoms with Crippen LogP contribution in [-0.4, -0.2) is 60.0 Å². The average Bonchev–Trinajstić information content (AvgIpc) is 3.16. The van der Waals surface area contributed by atoms with Crippen LogP contribution in [0.4, 0.5) is 9.59 Å². The van der Waals surface area contributed by atoms with Gasteiger partial charge in [0.2, 0.25) is 5.91 Å². The van der Waals surface area contributed by atoms with Crippen molar-refractivity contribution < 1.29 is 33.8 Å². The van der Waals surface area contributed by atoms with Crippen molar-refractivity contribution in [1.82, 2.24) is 16.0 Å². The van der Waals surface area contributed by atoms with Crippen molar-refractivity contribution in [3.05, 3.63) is 59.7 Å². The first-order chi connectivity index (χ1) is 18.4. The summed E-state index contributed by atoms with van der Waals surface area (Å²) in [5.41, 5.74) is 3.63. The van der Waals surface area contributed by atoms with Gasteiger partial charge in [0.15, 0.2) is 0 Å². The van der Waals surface area contributed by atoms with Gasteiger partial charge in [-0.25, -0.2) is 9.59 Å². The number of ether oxygens (including phenoxy) is 2. The van der Waals surface area contributed by atoms with Crippen molar-refractivity contribution in [2.75, 3.05) is 13.2 Å². The maximum absolute atomic E-state index is 12.7. The van der Waals surface area contributed by atoms with E-state index in [4.69, 9.17) is 9.47 Å². The molecule has 1 aliphatic carbocycles. The molecule has 0 heterocycles. The molecule has 0 aliphatic heterocycles. The normalized spacial score (nSPS) is 14.0. The van der Waals surface area contributed by atoms with Crippen LogP contribution >= 0.6 is 0 Å². The predicted octanol–water partition coefficient (Wildman–Crippen LogP) is 4.03. The van der Waals surface area contributed by atoms with Crippen LogP contribution in [0.3, 0.4) is 0 Å². The molecule has 2 aromatic carbocycles. The summed E-state index contributed by atoms with van der Waals surface area (Å²) in [5, 5.41) is 16.9. The summed E-state index contributed by atoms with van der Waals surface area (Å²) < 4.78 is 10.7. The van der Waals surface area contributed by atoms with Crippen LogP contribution in [0.2, 0.25) is 0 Å². The molecule has 0 saturated heterocycles. The maximum atomic E-state index is 12.7. The monoisotopic (exact) mass is 539 g/mol. The van der Waals surface area contributed by atoms with Gasteiger partial charge in [-0.3, -0.25) is 9.59 Å². The Morgan fingerprint density at radius 1 is 0.897 bits per heavy atom. The van der Waals surface area contributed by atoms with E-state index in [1.165, 1.54) is 0 Å². The highest BCUT2D eigenvalue weighted by molar-refractivity contribution is 5.89. The Bertz CT molecular complexity index is 1160. The van der Waals surface area contributed by atoms with Crippen LogP contribution in [0.5, 0.6) is 0 Å². The topological polar surface area (TPSA) is 143 Å². The minimum Gasteiger partial charge on any atom is -0.481 e. The molecule has 2 aromatic rings. The number of carboxylic acids is 1. The number of nitrogens with one attached hydrogen (secondary N) is 3. The molecule has 10 nitrogen and oxygen atoms in total. The van der Waals surface area contributed by atoms with Crippen LogP contribution in [-0.2, 0) is 19.1 Å². The summed E-state index contributed by atoms with van der Waals surface area (Å²) in [5.74, 6) is -2.13. The second-order valence-corrected chi connectivity index (χ2v) is 10.9. The minimum absolute atomic E-state index is 0.00676. The zero-order valence-electron chi connectivity index (χ0n) is 22.9. The molecule has 39 heavy (non-hydrogen) atoms. The summed E-state index contributed by atoms with van der Waals surface area (Å²) in [4.78, 5) is 48.8. The zero-order valence-corrected chi connectivity index (χ0v) is 22.9. The van der Waals surface area contributed by atoms with Crippen molar-refractivity contribution in [3.8, 4) is 11.1 Å². The zero-order chi connectivity index (χ0) is 28.7. The van der Waals surface area contributed by atoms with E-state index in [0.717, 1.165) is 22.3 Å². The molecular formula is C29H37N3O7. The fourth-order valence-electron chi connectivity index (χ4n) is 4.41. The lowest BCUT2D eigenvalue weighted by molar-refractivity contribution is -0.139. The summed E-state index contributed by atoms with van der Waals surface area (Å²) in [6, 6.07) is 14.2. The van der Waals surface area contributed by atoms with Crippen molar-refractivity contribution in [3.63, 3.8) is 0 Å². The van der Waals surface area contributed by atoms with Crippen LogP contribution in [0.25, 0.3) is 11.1 Å². The summed E-state index contributed by atoms with van der Waals surface area (Å²) in [6.07, 6.45) is -2.16. The molecule has 0 aromatic heterocycles. The lowest BCUT2D eigenvalue weighted by Gasteiger charge is -2.25. The fraction of sp³-hybridized carbons (Fsp3) is 0.448. The maximum Gasteiger partial charge on any atom is 0.408 e. The Hall–Kier alpha value is -4.08. The third-order valence-electron chi connectivity index (χ3n) is 6.33. The van der Waals surface area contributed by atoms with Gasteiger partial charge in [0.25, 0.3) is 0 Å².